The lowest BCUT2D eigenvalue weighted by Crippen LogP contribution is -2.32. The summed E-state index contributed by atoms with van der Waals surface area (Å²) in [5.41, 5.74) is 0. The molecule has 0 unspecified atom stereocenters. The van der Waals surface area contributed by atoms with Crippen LogP contribution in [0.3, 0.4) is 0 Å². The first-order valence-corrected chi connectivity index (χ1v) is 4.76. The SMILES string of the molecule is CCC(CC)CN1CC(=O)NC1=O. The van der Waals surface area contributed by atoms with Crippen LogP contribution in [0.15, 0.2) is 0 Å². The van der Waals surface area contributed by atoms with E-state index in [1.807, 2.05) is 0 Å². The van der Waals surface area contributed by atoms with E-state index in [2.05, 4.69) is 19.2 Å². The van der Waals surface area contributed by atoms with Crippen molar-refractivity contribution in [3.8, 4) is 0 Å². The van der Waals surface area contributed by atoms with E-state index < -0.39 is 0 Å². The Balaban J connectivity index is 2.44. The molecule has 0 aromatic heterocycles. The van der Waals surface area contributed by atoms with E-state index in [-0.39, 0.29) is 18.5 Å². The number of urea groups is 1. The number of nitrogens with one attached hydrogen (secondary N) is 1. The van der Waals surface area contributed by atoms with Crippen molar-refractivity contribution < 1.29 is 9.59 Å². The minimum atomic E-state index is -0.239. The third kappa shape index (κ3) is 2.44. The molecule has 1 saturated heterocycles. The number of nitrogens with zero attached hydrogens (tertiary/aromatic N) is 1. The van der Waals surface area contributed by atoms with Crippen LogP contribution in [0.2, 0.25) is 0 Å². The van der Waals surface area contributed by atoms with Crippen LogP contribution in [0.4, 0.5) is 4.79 Å². The fourth-order valence-electron chi connectivity index (χ4n) is 1.49. The van der Waals surface area contributed by atoms with Crippen molar-refractivity contribution in [2.75, 3.05) is 13.1 Å². The third-order valence-electron chi connectivity index (χ3n) is 2.50. The molecule has 0 aliphatic carbocycles. The number of rotatable bonds is 4. The molecule has 1 fully saturated rings. The quantitative estimate of drug-likeness (QED) is 0.662. The van der Waals surface area contributed by atoms with Gasteiger partial charge < -0.3 is 4.90 Å². The summed E-state index contributed by atoms with van der Waals surface area (Å²) in [4.78, 5) is 23.6. The Morgan fingerprint density at radius 1 is 1.38 bits per heavy atom. The van der Waals surface area contributed by atoms with Crippen molar-refractivity contribution in [2.24, 2.45) is 5.92 Å². The van der Waals surface area contributed by atoms with Gasteiger partial charge in [-0.2, -0.15) is 0 Å². The first-order valence-electron chi connectivity index (χ1n) is 4.76. The molecule has 0 aromatic carbocycles. The Kier molecular flexibility index (Phi) is 3.28. The summed E-state index contributed by atoms with van der Waals surface area (Å²) in [5, 5.41) is 2.27. The highest BCUT2D eigenvalue weighted by atomic mass is 16.2. The predicted octanol–water partition coefficient (Wildman–Crippen LogP) is 0.974. The van der Waals surface area contributed by atoms with Crippen LogP contribution in [0.5, 0.6) is 0 Å². The second kappa shape index (κ2) is 4.25. The molecule has 1 aliphatic rings. The summed E-state index contributed by atoms with van der Waals surface area (Å²) in [6.45, 7) is 5.13. The summed E-state index contributed by atoms with van der Waals surface area (Å²) >= 11 is 0. The molecule has 1 heterocycles. The maximum absolute atomic E-state index is 11.1. The van der Waals surface area contributed by atoms with E-state index in [4.69, 9.17) is 0 Å². The zero-order valence-electron chi connectivity index (χ0n) is 8.17. The molecule has 0 bridgehead atoms. The number of imide groups is 1. The molecule has 1 rings (SSSR count). The first-order chi connectivity index (χ1) is 6.17. The van der Waals surface area contributed by atoms with Crippen molar-refractivity contribution >= 4 is 11.9 Å². The summed E-state index contributed by atoms with van der Waals surface area (Å²) in [6.07, 6.45) is 2.10. The van der Waals surface area contributed by atoms with Gasteiger partial charge in [-0.3, -0.25) is 10.1 Å². The van der Waals surface area contributed by atoms with Gasteiger partial charge in [-0.05, 0) is 5.92 Å². The van der Waals surface area contributed by atoms with Gasteiger partial charge in [0.15, 0.2) is 0 Å². The first kappa shape index (κ1) is 10.0. The Morgan fingerprint density at radius 2 is 2.00 bits per heavy atom. The molecule has 13 heavy (non-hydrogen) atoms. The second-order valence-electron chi connectivity index (χ2n) is 3.42. The number of carbonyl (C=O) groups excluding carboxylic acids is 2. The van der Waals surface area contributed by atoms with Crippen molar-refractivity contribution in [1.82, 2.24) is 10.2 Å². The average molecular weight is 184 g/mol. The lowest BCUT2D eigenvalue weighted by Gasteiger charge is -2.19. The van der Waals surface area contributed by atoms with Gasteiger partial charge in [-0.25, -0.2) is 4.79 Å². The van der Waals surface area contributed by atoms with Crippen LogP contribution in [0.25, 0.3) is 0 Å². The molecular weight excluding hydrogens is 168 g/mol. The molecule has 0 aromatic rings. The van der Waals surface area contributed by atoms with E-state index in [0.29, 0.717) is 12.5 Å². The van der Waals surface area contributed by atoms with Crippen LogP contribution in [-0.4, -0.2) is 29.9 Å². The zero-order valence-corrected chi connectivity index (χ0v) is 8.17. The molecular formula is C9H16N2O2. The summed E-state index contributed by atoms with van der Waals surface area (Å²) < 4.78 is 0. The molecule has 4 nitrogen and oxygen atoms in total. The Hall–Kier alpha value is -1.06. The molecule has 4 heteroatoms. The van der Waals surface area contributed by atoms with Crippen LogP contribution in [0, 0.1) is 5.92 Å². The number of hydrogen-bond acceptors (Lipinski definition) is 2. The molecule has 0 saturated carbocycles. The minimum absolute atomic E-state index is 0.184. The van der Waals surface area contributed by atoms with Crippen LogP contribution >= 0.6 is 0 Å². The van der Waals surface area contributed by atoms with E-state index in [0.717, 1.165) is 12.8 Å². The van der Waals surface area contributed by atoms with Gasteiger partial charge in [0.2, 0.25) is 5.91 Å². The zero-order chi connectivity index (χ0) is 9.84. The molecule has 74 valence electrons. The van der Waals surface area contributed by atoms with Gasteiger partial charge in [-0.1, -0.05) is 26.7 Å². The van der Waals surface area contributed by atoms with Crippen LogP contribution in [0.1, 0.15) is 26.7 Å². The van der Waals surface area contributed by atoms with E-state index >= 15 is 0 Å². The second-order valence-corrected chi connectivity index (χ2v) is 3.42. The van der Waals surface area contributed by atoms with Crippen molar-refractivity contribution in [2.45, 2.75) is 26.7 Å². The van der Waals surface area contributed by atoms with Crippen molar-refractivity contribution in [1.29, 1.82) is 0 Å². The standard InChI is InChI=1S/C9H16N2O2/c1-3-7(4-2)5-11-6-8(12)10-9(11)13/h7H,3-6H2,1-2H3,(H,10,12,13). The molecule has 1 aliphatic heterocycles. The smallest absolute Gasteiger partial charge is 0.315 e. The highest BCUT2D eigenvalue weighted by molar-refractivity contribution is 6.01. The van der Waals surface area contributed by atoms with E-state index in [9.17, 15) is 9.59 Å². The highest BCUT2D eigenvalue weighted by Crippen LogP contribution is 2.11. The topological polar surface area (TPSA) is 49.4 Å². The number of hydrogen-bond donors (Lipinski definition) is 1. The summed E-state index contributed by atoms with van der Waals surface area (Å²) in [7, 11) is 0. The van der Waals surface area contributed by atoms with E-state index in [1.165, 1.54) is 0 Å². The van der Waals surface area contributed by atoms with Crippen molar-refractivity contribution in [3.05, 3.63) is 0 Å². The van der Waals surface area contributed by atoms with Crippen molar-refractivity contribution in [3.63, 3.8) is 0 Å². The molecule has 0 radical (unpaired) electrons. The minimum Gasteiger partial charge on any atom is -0.315 e. The van der Waals surface area contributed by atoms with Crippen LogP contribution in [-0.2, 0) is 4.79 Å². The normalized spacial score (nSPS) is 17.0. The molecule has 0 spiro atoms. The summed E-state index contributed by atoms with van der Waals surface area (Å²) in [5.74, 6) is 0.326. The lowest BCUT2D eigenvalue weighted by atomic mass is 10.0. The highest BCUT2D eigenvalue weighted by Gasteiger charge is 2.27. The number of amides is 3. The van der Waals surface area contributed by atoms with Gasteiger partial charge >= 0.3 is 6.03 Å². The summed E-state index contributed by atoms with van der Waals surface area (Å²) in [6, 6.07) is -0.239. The fraction of sp³-hybridized carbons (Fsp3) is 0.778. The number of carbonyl (C=O) groups is 2. The van der Waals surface area contributed by atoms with Crippen LogP contribution < -0.4 is 5.32 Å². The molecule has 3 amide bonds. The third-order valence-corrected chi connectivity index (χ3v) is 2.50. The average Bonchev–Trinajstić information content (AvgIpc) is 2.41. The maximum Gasteiger partial charge on any atom is 0.324 e. The Bertz CT molecular complexity index is 212. The van der Waals surface area contributed by atoms with Gasteiger partial charge in [0.25, 0.3) is 0 Å². The predicted molar refractivity (Wildman–Crippen MR) is 49.2 cm³/mol. The molecule has 0 atom stereocenters. The Morgan fingerprint density at radius 3 is 2.38 bits per heavy atom. The molecule has 1 N–H and O–H groups in total. The van der Waals surface area contributed by atoms with E-state index in [1.54, 1.807) is 4.90 Å². The van der Waals surface area contributed by atoms with Gasteiger partial charge in [0.1, 0.15) is 6.54 Å². The largest absolute Gasteiger partial charge is 0.324 e. The van der Waals surface area contributed by atoms with Gasteiger partial charge in [-0.15, -0.1) is 0 Å². The maximum atomic E-state index is 11.1. The monoisotopic (exact) mass is 184 g/mol. The van der Waals surface area contributed by atoms with Gasteiger partial charge in [0.05, 0.1) is 0 Å². The Labute approximate surface area is 78.3 Å². The fourth-order valence-corrected chi connectivity index (χ4v) is 1.49. The lowest BCUT2D eigenvalue weighted by molar-refractivity contribution is -0.118. The van der Waals surface area contributed by atoms with Gasteiger partial charge in [0, 0.05) is 6.54 Å².